The first-order valence-electron chi connectivity index (χ1n) is 16.6. The van der Waals surface area contributed by atoms with Gasteiger partial charge in [0.05, 0.1) is 0 Å². The lowest BCUT2D eigenvalue weighted by molar-refractivity contribution is 0.665. The van der Waals surface area contributed by atoms with E-state index in [1.165, 1.54) is 5.56 Å². The SMILES string of the molecule is c1ccc(-c2ccc(-c3nc(-c4ccccc4)nc(-c4ccc5oc6c(-c7cccc8c7oc7ccccc78)cccc6c5c4)n3)cc2)cc1. The van der Waals surface area contributed by atoms with Crippen LogP contribution in [0, 0.1) is 0 Å². The van der Waals surface area contributed by atoms with Crippen molar-refractivity contribution in [1.82, 2.24) is 15.0 Å². The fraction of sp³-hybridized carbons (Fsp3) is 0. The van der Waals surface area contributed by atoms with Gasteiger partial charge in [-0.05, 0) is 35.4 Å². The van der Waals surface area contributed by atoms with Crippen molar-refractivity contribution in [1.29, 1.82) is 0 Å². The van der Waals surface area contributed by atoms with Crippen LogP contribution >= 0.6 is 0 Å². The van der Waals surface area contributed by atoms with E-state index < -0.39 is 0 Å². The van der Waals surface area contributed by atoms with E-state index in [0.717, 1.165) is 77.3 Å². The van der Waals surface area contributed by atoms with Crippen LogP contribution in [0.2, 0.25) is 0 Å². The van der Waals surface area contributed by atoms with Crippen LogP contribution in [0.4, 0.5) is 0 Å². The highest BCUT2D eigenvalue weighted by Gasteiger charge is 2.19. The van der Waals surface area contributed by atoms with Gasteiger partial charge in [0.2, 0.25) is 0 Å². The van der Waals surface area contributed by atoms with Crippen molar-refractivity contribution in [2.45, 2.75) is 0 Å². The molecule has 0 amide bonds. The fourth-order valence-corrected chi connectivity index (χ4v) is 6.90. The maximum absolute atomic E-state index is 6.59. The maximum atomic E-state index is 6.59. The van der Waals surface area contributed by atoms with E-state index in [4.69, 9.17) is 23.8 Å². The summed E-state index contributed by atoms with van der Waals surface area (Å²) < 4.78 is 13.0. The van der Waals surface area contributed by atoms with Gasteiger partial charge in [0, 0.05) is 49.4 Å². The number of para-hydroxylation sites is 3. The second kappa shape index (κ2) is 11.4. The minimum absolute atomic E-state index is 0.598. The van der Waals surface area contributed by atoms with Gasteiger partial charge in [-0.3, -0.25) is 0 Å². The number of hydrogen-bond donors (Lipinski definition) is 0. The van der Waals surface area contributed by atoms with E-state index in [1.807, 2.05) is 66.7 Å². The molecule has 0 spiro atoms. The van der Waals surface area contributed by atoms with E-state index >= 15 is 0 Å². The topological polar surface area (TPSA) is 65.0 Å². The lowest BCUT2D eigenvalue weighted by Crippen LogP contribution is -2.00. The number of rotatable bonds is 5. The van der Waals surface area contributed by atoms with Crippen LogP contribution in [0.15, 0.2) is 173 Å². The molecule has 10 aromatic rings. The van der Waals surface area contributed by atoms with Crippen molar-refractivity contribution in [3.8, 4) is 56.4 Å². The maximum Gasteiger partial charge on any atom is 0.164 e. The highest BCUT2D eigenvalue weighted by atomic mass is 16.3. The number of furan rings is 2. The molecule has 3 heterocycles. The Bertz CT molecular complexity index is 2850. The van der Waals surface area contributed by atoms with Crippen molar-refractivity contribution in [3.63, 3.8) is 0 Å². The summed E-state index contributed by atoms with van der Waals surface area (Å²) in [6.45, 7) is 0. The van der Waals surface area contributed by atoms with Gasteiger partial charge in [-0.15, -0.1) is 0 Å². The summed E-state index contributed by atoms with van der Waals surface area (Å²) >= 11 is 0. The first-order chi connectivity index (χ1) is 24.8. The number of aromatic nitrogens is 3. The van der Waals surface area contributed by atoms with Crippen LogP contribution in [-0.4, -0.2) is 15.0 Å². The normalized spacial score (nSPS) is 11.6. The highest BCUT2D eigenvalue weighted by molar-refractivity contribution is 6.15. The highest BCUT2D eigenvalue weighted by Crippen LogP contribution is 2.41. The summed E-state index contributed by atoms with van der Waals surface area (Å²) in [7, 11) is 0. The molecule has 0 radical (unpaired) electrons. The van der Waals surface area contributed by atoms with Gasteiger partial charge >= 0.3 is 0 Å². The second-order valence-corrected chi connectivity index (χ2v) is 12.4. The Labute approximate surface area is 287 Å². The molecule has 0 unspecified atom stereocenters. The molecule has 0 saturated carbocycles. The number of hydrogen-bond acceptors (Lipinski definition) is 5. The monoisotopic (exact) mass is 641 g/mol. The molecule has 5 heteroatoms. The molecule has 0 N–H and O–H groups in total. The van der Waals surface area contributed by atoms with Gasteiger partial charge in [-0.25, -0.2) is 15.0 Å². The lowest BCUT2D eigenvalue weighted by atomic mass is 9.99. The Morgan fingerprint density at radius 2 is 0.740 bits per heavy atom. The van der Waals surface area contributed by atoms with Crippen molar-refractivity contribution in [3.05, 3.63) is 164 Å². The summed E-state index contributed by atoms with van der Waals surface area (Å²) in [6, 6.07) is 55.7. The molecule has 234 valence electrons. The van der Waals surface area contributed by atoms with E-state index in [2.05, 4.69) is 97.1 Å². The first kappa shape index (κ1) is 28.2. The largest absolute Gasteiger partial charge is 0.455 e. The zero-order valence-corrected chi connectivity index (χ0v) is 26.7. The number of fused-ring (bicyclic) bond motifs is 6. The molecular formula is C45H27N3O2. The molecule has 3 aromatic heterocycles. The van der Waals surface area contributed by atoms with E-state index in [0.29, 0.717) is 17.5 Å². The first-order valence-corrected chi connectivity index (χ1v) is 16.6. The third-order valence-electron chi connectivity index (χ3n) is 9.37. The van der Waals surface area contributed by atoms with Crippen LogP contribution in [0.1, 0.15) is 0 Å². The standard InChI is InChI=1S/C45H27N3O2/c1-3-11-28(12-4-1)29-21-23-31(24-22-29)44-46-43(30-13-5-2-6-14-30)47-45(48-44)32-25-26-40-38(27-32)37-19-10-18-36(42(37)50-40)35-17-9-16-34-33-15-7-8-20-39(33)49-41(34)35/h1-27H. The quantitative estimate of drug-likeness (QED) is 0.187. The van der Waals surface area contributed by atoms with Gasteiger partial charge in [0.1, 0.15) is 22.3 Å². The smallest absolute Gasteiger partial charge is 0.164 e. The van der Waals surface area contributed by atoms with Crippen molar-refractivity contribution in [2.75, 3.05) is 0 Å². The van der Waals surface area contributed by atoms with Crippen molar-refractivity contribution >= 4 is 43.9 Å². The molecule has 50 heavy (non-hydrogen) atoms. The molecule has 5 nitrogen and oxygen atoms in total. The molecule has 0 aliphatic rings. The summed E-state index contributed by atoms with van der Waals surface area (Å²) in [6.07, 6.45) is 0. The van der Waals surface area contributed by atoms with Crippen LogP contribution in [0.3, 0.4) is 0 Å². The molecule has 0 fully saturated rings. The molecule has 7 aromatic carbocycles. The van der Waals surface area contributed by atoms with Crippen LogP contribution in [0.5, 0.6) is 0 Å². The molecule has 0 saturated heterocycles. The molecule has 0 aliphatic carbocycles. The average Bonchev–Trinajstić information content (AvgIpc) is 3.77. The van der Waals surface area contributed by atoms with E-state index in [-0.39, 0.29) is 0 Å². The van der Waals surface area contributed by atoms with E-state index in [1.54, 1.807) is 0 Å². The van der Waals surface area contributed by atoms with Gasteiger partial charge < -0.3 is 8.83 Å². The minimum Gasteiger partial charge on any atom is -0.455 e. The van der Waals surface area contributed by atoms with Crippen molar-refractivity contribution < 1.29 is 8.83 Å². The third-order valence-corrected chi connectivity index (χ3v) is 9.37. The Morgan fingerprint density at radius 1 is 0.300 bits per heavy atom. The summed E-state index contributed by atoms with van der Waals surface area (Å²) in [5.41, 5.74) is 10.3. The summed E-state index contributed by atoms with van der Waals surface area (Å²) in [5.74, 6) is 1.84. The minimum atomic E-state index is 0.598. The molecule has 10 rings (SSSR count). The predicted molar refractivity (Wildman–Crippen MR) is 202 cm³/mol. The second-order valence-electron chi connectivity index (χ2n) is 12.4. The Balaban J connectivity index is 1.11. The third kappa shape index (κ3) is 4.67. The van der Waals surface area contributed by atoms with Gasteiger partial charge in [-0.1, -0.05) is 140 Å². The summed E-state index contributed by atoms with van der Waals surface area (Å²) in [4.78, 5) is 15.0. The van der Waals surface area contributed by atoms with E-state index in [9.17, 15) is 0 Å². The summed E-state index contributed by atoms with van der Waals surface area (Å²) in [5, 5.41) is 4.20. The predicted octanol–water partition coefficient (Wildman–Crippen LogP) is 12.0. The van der Waals surface area contributed by atoms with Crippen LogP contribution < -0.4 is 0 Å². The lowest BCUT2D eigenvalue weighted by Gasteiger charge is -2.09. The number of benzene rings is 7. The Hall–Kier alpha value is -6.85. The van der Waals surface area contributed by atoms with Gasteiger partial charge in [-0.2, -0.15) is 0 Å². The van der Waals surface area contributed by atoms with Crippen LogP contribution in [0.25, 0.3) is 100 Å². The zero-order valence-electron chi connectivity index (χ0n) is 26.7. The molecular weight excluding hydrogens is 615 g/mol. The van der Waals surface area contributed by atoms with Gasteiger partial charge in [0.15, 0.2) is 17.5 Å². The molecule has 0 bridgehead atoms. The molecule has 0 aliphatic heterocycles. The van der Waals surface area contributed by atoms with Crippen molar-refractivity contribution in [2.24, 2.45) is 0 Å². The zero-order chi connectivity index (χ0) is 33.0. The number of nitrogens with zero attached hydrogens (tertiary/aromatic N) is 3. The Kier molecular flexibility index (Phi) is 6.42. The van der Waals surface area contributed by atoms with Gasteiger partial charge in [0.25, 0.3) is 0 Å². The fourth-order valence-electron chi connectivity index (χ4n) is 6.90. The van der Waals surface area contributed by atoms with Crippen LogP contribution in [-0.2, 0) is 0 Å². The average molecular weight is 642 g/mol. The Morgan fingerprint density at radius 3 is 1.40 bits per heavy atom. The molecule has 0 atom stereocenters.